The summed E-state index contributed by atoms with van der Waals surface area (Å²) in [7, 11) is 1.35. The number of carbonyl (C=O) groups is 2. The first-order valence-corrected chi connectivity index (χ1v) is 9.14. The zero-order chi connectivity index (χ0) is 19.6. The van der Waals surface area contributed by atoms with Crippen molar-refractivity contribution in [3.8, 4) is 0 Å². The second kappa shape index (κ2) is 7.31. The van der Waals surface area contributed by atoms with E-state index in [0.29, 0.717) is 5.56 Å². The Kier molecular flexibility index (Phi) is 4.70. The van der Waals surface area contributed by atoms with Crippen LogP contribution >= 0.6 is 0 Å². The smallest absolute Gasteiger partial charge is 0.321 e. The Bertz CT molecular complexity index is 969. The quantitative estimate of drug-likeness (QED) is 0.645. The van der Waals surface area contributed by atoms with Crippen LogP contribution in [-0.4, -0.2) is 19.0 Å². The van der Waals surface area contributed by atoms with E-state index in [0.717, 1.165) is 11.1 Å². The minimum absolute atomic E-state index is 0.436. The lowest BCUT2D eigenvalue weighted by Gasteiger charge is -2.34. The highest BCUT2D eigenvalue weighted by Gasteiger charge is 2.64. The van der Waals surface area contributed by atoms with Crippen LogP contribution in [0.15, 0.2) is 91.0 Å². The third-order valence-corrected chi connectivity index (χ3v) is 5.35. The minimum Gasteiger partial charge on any atom is -0.468 e. The van der Waals surface area contributed by atoms with Crippen molar-refractivity contribution < 1.29 is 19.1 Å². The molecule has 0 bridgehead atoms. The lowest BCUT2D eigenvalue weighted by molar-refractivity contribution is -0.151. The lowest BCUT2D eigenvalue weighted by atomic mass is 9.64. The Hall–Kier alpha value is -3.40. The van der Waals surface area contributed by atoms with E-state index in [4.69, 9.17) is 9.47 Å². The SMILES string of the molecule is COC(=O)[C@@]1(c2ccccc2)[C@@H](c2ccccc2)OC(=O)[C@H]1c1ccccc1. The molecule has 4 nitrogen and oxygen atoms in total. The summed E-state index contributed by atoms with van der Waals surface area (Å²) in [5.41, 5.74) is 0.842. The third-order valence-electron chi connectivity index (χ3n) is 5.35. The number of methoxy groups -OCH3 is 1. The van der Waals surface area contributed by atoms with Crippen molar-refractivity contribution in [1.82, 2.24) is 0 Å². The highest BCUT2D eigenvalue weighted by Crippen LogP contribution is 2.56. The van der Waals surface area contributed by atoms with E-state index in [2.05, 4.69) is 0 Å². The van der Waals surface area contributed by atoms with Crippen LogP contribution in [0, 0.1) is 0 Å². The Balaban J connectivity index is 2.03. The first kappa shape index (κ1) is 18.0. The van der Waals surface area contributed by atoms with Crippen molar-refractivity contribution in [1.29, 1.82) is 0 Å². The molecule has 28 heavy (non-hydrogen) atoms. The predicted molar refractivity (Wildman–Crippen MR) is 105 cm³/mol. The van der Waals surface area contributed by atoms with Gasteiger partial charge in [0.15, 0.2) is 5.41 Å². The Labute approximate surface area is 163 Å². The van der Waals surface area contributed by atoms with Gasteiger partial charge in [-0.25, -0.2) is 0 Å². The molecule has 0 aliphatic carbocycles. The molecule has 3 atom stereocenters. The van der Waals surface area contributed by atoms with Gasteiger partial charge in [-0.1, -0.05) is 91.0 Å². The van der Waals surface area contributed by atoms with E-state index in [1.54, 1.807) is 0 Å². The molecule has 4 heteroatoms. The number of cyclic esters (lactones) is 1. The van der Waals surface area contributed by atoms with E-state index >= 15 is 0 Å². The molecule has 140 valence electrons. The first-order valence-electron chi connectivity index (χ1n) is 9.14. The molecule has 0 unspecified atom stereocenters. The van der Waals surface area contributed by atoms with Crippen LogP contribution in [0.5, 0.6) is 0 Å². The van der Waals surface area contributed by atoms with Gasteiger partial charge in [0.05, 0.1) is 7.11 Å². The van der Waals surface area contributed by atoms with E-state index in [1.807, 2.05) is 91.0 Å². The molecule has 0 saturated carbocycles. The van der Waals surface area contributed by atoms with Crippen LogP contribution < -0.4 is 0 Å². The van der Waals surface area contributed by atoms with Crippen LogP contribution in [0.25, 0.3) is 0 Å². The van der Waals surface area contributed by atoms with Gasteiger partial charge in [-0.15, -0.1) is 0 Å². The topological polar surface area (TPSA) is 52.6 Å². The molecule has 4 rings (SSSR count). The number of ether oxygens (including phenoxy) is 2. The van der Waals surface area contributed by atoms with Crippen molar-refractivity contribution in [2.45, 2.75) is 17.4 Å². The summed E-state index contributed by atoms with van der Waals surface area (Å²) < 4.78 is 11.1. The standard InChI is InChI=1S/C24H20O4/c1-27-23(26)24(19-15-9-4-10-16-19)20(17-11-5-2-6-12-17)22(25)28-21(24)18-13-7-3-8-14-18/h2-16,20-21H,1H3/t20-,21-,24-/m1/s1. The summed E-state index contributed by atoms with van der Waals surface area (Å²) in [4.78, 5) is 26.5. The Morgan fingerprint density at radius 3 is 1.86 bits per heavy atom. The van der Waals surface area contributed by atoms with Crippen LogP contribution in [0.2, 0.25) is 0 Å². The summed E-state index contributed by atoms with van der Waals surface area (Å²) in [5, 5.41) is 0. The molecule has 1 saturated heterocycles. The van der Waals surface area contributed by atoms with E-state index < -0.39 is 29.4 Å². The zero-order valence-electron chi connectivity index (χ0n) is 15.4. The van der Waals surface area contributed by atoms with Crippen molar-refractivity contribution in [3.05, 3.63) is 108 Å². The summed E-state index contributed by atoms with van der Waals surface area (Å²) in [6.07, 6.45) is -0.791. The predicted octanol–water partition coefficient (Wildman–Crippen LogP) is 4.18. The minimum atomic E-state index is -1.32. The fraction of sp³-hybridized carbons (Fsp3) is 0.167. The van der Waals surface area contributed by atoms with Crippen LogP contribution in [0.3, 0.4) is 0 Å². The molecule has 0 spiro atoms. The van der Waals surface area contributed by atoms with Crippen molar-refractivity contribution in [2.75, 3.05) is 7.11 Å². The van der Waals surface area contributed by atoms with Gasteiger partial charge in [0.1, 0.15) is 12.0 Å². The monoisotopic (exact) mass is 372 g/mol. The summed E-state index contributed by atoms with van der Waals surface area (Å²) in [6.45, 7) is 0. The Morgan fingerprint density at radius 2 is 1.32 bits per heavy atom. The van der Waals surface area contributed by atoms with Gasteiger partial charge in [-0.3, -0.25) is 9.59 Å². The van der Waals surface area contributed by atoms with Gasteiger partial charge in [-0.2, -0.15) is 0 Å². The second-order valence-electron chi connectivity index (χ2n) is 6.80. The van der Waals surface area contributed by atoms with Crippen molar-refractivity contribution in [3.63, 3.8) is 0 Å². The molecule has 1 heterocycles. The van der Waals surface area contributed by atoms with Gasteiger partial charge < -0.3 is 9.47 Å². The summed E-state index contributed by atoms with van der Waals surface area (Å²) in [6, 6.07) is 27.9. The summed E-state index contributed by atoms with van der Waals surface area (Å²) in [5.74, 6) is -1.74. The number of esters is 2. The Morgan fingerprint density at radius 1 is 0.821 bits per heavy atom. The molecule has 1 aliphatic heterocycles. The molecular weight excluding hydrogens is 352 g/mol. The zero-order valence-corrected chi connectivity index (χ0v) is 15.4. The molecule has 1 aliphatic rings. The molecule has 0 aromatic heterocycles. The average Bonchev–Trinajstić information content (AvgIpc) is 3.08. The van der Waals surface area contributed by atoms with Gasteiger partial charge in [-0.05, 0) is 16.7 Å². The normalized spacial score (nSPS) is 23.8. The molecule has 0 radical (unpaired) electrons. The number of benzene rings is 3. The molecule has 0 N–H and O–H groups in total. The van der Waals surface area contributed by atoms with Crippen LogP contribution in [-0.2, 0) is 24.5 Å². The van der Waals surface area contributed by atoms with Crippen molar-refractivity contribution >= 4 is 11.9 Å². The van der Waals surface area contributed by atoms with Crippen molar-refractivity contribution in [2.24, 2.45) is 0 Å². The molecule has 3 aromatic carbocycles. The second-order valence-corrected chi connectivity index (χ2v) is 6.80. The molecule has 3 aromatic rings. The van der Waals surface area contributed by atoms with E-state index in [-0.39, 0.29) is 0 Å². The number of carbonyl (C=O) groups excluding carboxylic acids is 2. The molecular formula is C24H20O4. The third kappa shape index (κ3) is 2.69. The van der Waals surface area contributed by atoms with E-state index in [9.17, 15) is 9.59 Å². The van der Waals surface area contributed by atoms with Gasteiger partial charge in [0.25, 0.3) is 0 Å². The van der Waals surface area contributed by atoms with Crippen LogP contribution in [0.1, 0.15) is 28.7 Å². The van der Waals surface area contributed by atoms with Gasteiger partial charge in [0, 0.05) is 0 Å². The van der Waals surface area contributed by atoms with Gasteiger partial charge >= 0.3 is 11.9 Å². The number of hydrogen-bond acceptors (Lipinski definition) is 4. The average molecular weight is 372 g/mol. The maximum absolute atomic E-state index is 13.4. The highest BCUT2D eigenvalue weighted by atomic mass is 16.6. The lowest BCUT2D eigenvalue weighted by Crippen LogP contribution is -2.44. The van der Waals surface area contributed by atoms with Gasteiger partial charge in [0.2, 0.25) is 0 Å². The number of hydrogen-bond donors (Lipinski definition) is 0. The number of rotatable bonds is 4. The largest absolute Gasteiger partial charge is 0.468 e. The highest BCUT2D eigenvalue weighted by molar-refractivity contribution is 5.97. The van der Waals surface area contributed by atoms with Crippen LogP contribution in [0.4, 0.5) is 0 Å². The fourth-order valence-corrected chi connectivity index (χ4v) is 4.16. The maximum Gasteiger partial charge on any atom is 0.321 e. The first-order chi connectivity index (χ1) is 13.7. The fourth-order valence-electron chi connectivity index (χ4n) is 4.16. The molecule has 1 fully saturated rings. The maximum atomic E-state index is 13.4. The summed E-state index contributed by atoms with van der Waals surface area (Å²) >= 11 is 0. The van der Waals surface area contributed by atoms with E-state index in [1.165, 1.54) is 7.11 Å². The molecule has 0 amide bonds.